The maximum Gasteiger partial charge on any atom is 0.261 e. The van der Waals surface area contributed by atoms with E-state index in [-0.39, 0.29) is 5.56 Å². The van der Waals surface area contributed by atoms with Gasteiger partial charge in [0.25, 0.3) is 5.56 Å². The maximum absolute atomic E-state index is 12.7. The number of pyridine rings is 1. The lowest BCUT2D eigenvalue weighted by molar-refractivity contribution is 0.122. The van der Waals surface area contributed by atoms with Crippen LogP contribution in [0.5, 0.6) is 0 Å². The minimum atomic E-state index is -0.0633. The third-order valence-electron chi connectivity index (χ3n) is 4.48. The molecule has 3 aromatic rings. The Morgan fingerprint density at radius 3 is 2.64 bits per heavy atom. The van der Waals surface area contributed by atoms with E-state index in [2.05, 4.69) is 33.9 Å². The van der Waals surface area contributed by atoms with Gasteiger partial charge in [-0.3, -0.25) is 4.79 Å². The summed E-state index contributed by atoms with van der Waals surface area (Å²) in [5.74, 6) is 0.659. The van der Waals surface area contributed by atoms with Crippen molar-refractivity contribution in [3.8, 4) is 0 Å². The zero-order chi connectivity index (χ0) is 17.2. The molecule has 6 nitrogen and oxygen atoms in total. The lowest BCUT2D eigenvalue weighted by Gasteiger charge is -2.26. The summed E-state index contributed by atoms with van der Waals surface area (Å²) >= 11 is 0. The van der Waals surface area contributed by atoms with E-state index < -0.39 is 0 Å². The van der Waals surface area contributed by atoms with Gasteiger partial charge in [-0.25, -0.2) is 9.97 Å². The fourth-order valence-corrected chi connectivity index (χ4v) is 2.99. The molecule has 3 heterocycles. The fraction of sp³-hybridized carbons (Fsp3) is 0.316. The van der Waals surface area contributed by atoms with E-state index in [1.807, 2.05) is 18.2 Å². The van der Waals surface area contributed by atoms with Crippen molar-refractivity contribution in [3.63, 3.8) is 0 Å². The number of aromatic nitrogens is 3. The van der Waals surface area contributed by atoms with Crippen molar-refractivity contribution in [2.75, 3.05) is 31.2 Å². The Morgan fingerprint density at radius 2 is 1.88 bits per heavy atom. The summed E-state index contributed by atoms with van der Waals surface area (Å²) in [6.07, 6.45) is 3.45. The van der Waals surface area contributed by atoms with Crippen molar-refractivity contribution in [3.05, 3.63) is 64.2 Å². The van der Waals surface area contributed by atoms with E-state index in [1.54, 1.807) is 17.0 Å². The first-order valence-electron chi connectivity index (χ1n) is 8.45. The molecule has 0 spiro atoms. The quantitative estimate of drug-likeness (QED) is 0.732. The zero-order valence-electron chi connectivity index (χ0n) is 14.2. The van der Waals surface area contributed by atoms with Crippen molar-refractivity contribution in [1.29, 1.82) is 0 Å². The van der Waals surface area contributed by atoms with Crippen molar-refractivity contribution < 1.29 is 4.74 Å². The minimum absolute atomic E-state index is 0.0633. The number of aryl methyl sites for hydroxylation is 1. The van der Waals surface area contributed by atoms with Gasteiger partial charge in [0.1, 0.15) is 0 Å². The van der Waals surface area contributed by atoms with Crippen molar-refractivity contribution in [2.45, 2.75) is 13.5 Å². The Labute approximate surface area is 145 Å². The lowest BCUT2D eigenvalue weighted by Crippen LogP contribution is -2.37. The van der Waals surface area contributed by atoms with Gasteiger partial charge in [0, 0.05) is 25.5 Å². The van der Waals surface area contributed by atoms with Gasteiger partial charge >= 0.3 is 0 Å². The van der Waals surface area contributed by atoms with Gasteiger partial charge in [-0.1, -0.05) is 29.8 Å². The Balaban J connectivity index is 1.65. The van der Waals surface area contributed by atoms with Crippen LogP contribution in [0.4, 0.5) is 5.95 Å². The lowest BCUT2D eigenvalue weighted by atomic mass is 10.1. The molecule has 6 heteroatoms. The molecular weight excluding hydrogens is 316 g/mol. The summed E-state index contributed by atoms with van der Waals surface area (Å²) in [4.78, 5) is 23.8. The van der Waals surface area contributed by atoms with E-state index in [9.17, 15) is 4.79 Å². The van der Waals surface area contributed by atoms with Crippen molar-refractivity contribution in [2.24, 2.45) is 0 Å². The number of ether oxygens (including phenoxy) is 1. The number of hydrogen-bond donors (Lipinski definition) is 0. The number of morpholine rings is 1. The Hall–Kier alpha value is -2.73. The molecule has 1 fully saturated rings. The third-order valence-corrected chi connectivity index (χ3v) is 4.48. The van der Waals surface area contributed by atoms with Crippen LogP contribution in [-0.2, 0) is 11.3 Å². The van der Waals surface area contributed by atoms with Crippen LogP contribution in [0.3, 0.4) is 0 Å². The van der Waals surface area contributed by atoms with Gasteiger partial charge in [-0.2, -0.15) is 0 Å². The van der Waals surface area contributed by atoms with Crippen LogP contribution in [0.15, 0.2) is 47.5 Å². The van der Waals surface area contributed by atoms with Crippen LogP contribution in [0.1, 0.15) is 11.1 Å². The fourth-order valence-electron chi connectivity index (χ4n) is 2.99. The third kappa shape index (κ3) is 3.25. The SMILES string of the molecule is Cc1ccc(Cn2ccc3nc(N4CCOCC4)ncc3c2=O)cc1. The van der Waals surface area contributed by atoms with Gasteiger partial charge in [0.2, 0.25) is 5.95 Å². The molecule has 0 radical (unpaired) electrons. The molecule has 0 unspecified atom stereocenters. The molecule has 0 aliphatic carbocycles. The summed E-state index contributed by atoms with van der Waals surface area (Å²) in [6.45, 7) is 5.50. The van der Waals surface area contributed by atoms with Gasteiger partial charge < -0.3 is 14.2 Å². The number of nitrogens with zero attached hydrogens (tertiary/aromatic N) is 4. The molecule has 0 bridgehead atoms. The van der Waals surface area contributed by atoms with Gasteiger partial charge in [0.05, 0.1) is 30.7 Å². The summed E-state index contributed by atoms with van der Waals surface area (Å²) in [7, 11) is 0. The largest absolute Gasteiger partial charge is 0.378 e. The summed E-state index contributed by atoms with van der Waals surface area (Å²) < 4.78 is 7.06. The van der Waals surface area contributed by atoms with E-state index in [4.69, 9.17) is 4.74 Å². The Kier molecular flexibility index (Phi) is 4.19. The smallest absolute Gasteiger partial charge is 0.261 e. The summed E-state index contributed by atoms with van der Waals surface area (Å²) in [5.41, 5.74) is 2.92. The molecule has 0 saturated carbocycles. The molecular formula is C19H20N4O2. The topological polar surface area (TPSA) is 60.3 Å². The highest BCUT2D eigenvalue weighted by molar-refractivity contribution is 5.77. The predicted octanol–water partition coefficient (Wildman–Crippen LogP) is 1.98. The summed E-state index contributed by atoms with van der Waals surface area (Å²) in [5, 5.41) is 0.548. The highest BCUT2D eigenvalue weighted by Crippen LogP contribution is 2.14. The molecule has 1 aliphatic heterocycles. The van der Waals surface area contributed by atoms with E-state index in [0.717, 1.165) is 18.7 Å². The Morgan fingerprint density at radius 1 is 1.12 bits per heavy atom. The van der Waals surface area contributed by atoms with Gasteiger partial charge in [-0.15, -0.1) is 0 Å². The average molecular weight is 336 g/mol. The zero-order valence-corrected chi connectivity index (χ0v) is 14.2. The van der Waals surface area contributed by atoms with E-state index >= 15 is 0 Å². The monoisotopic (exact) mass is 336 g/mol. The summed E-state index contributed by atoms with van der Waals surface area (Å²) in [6, 6.07) is 10.1. The standard InChI is InChI=1S/C19H20N4O2/c1-14-2-4-15(5-3-14)13-23-7-6-17-16(18(23)24)12-20-19(21-17)22-8-10-25-11-9-22/h2-7,12H,8-11,13H2,1H3. The molecule has 1 aliphatic rings. The average Bonchev–Trinajstić information content (AvgIpc) is 2.66. The Bertz CT molecular complexity index is 944. The number of hydrogen-bond acceptors (Lipinski definition) is 5. The maximum atomic E-state index is 12.7. The van der Waals surface area contributed by atoms with Crippen LogP contribution in [0, 0.1) is 6.92 Å². The first-order valence-corrected chi connectivity index (χ1v) is 8.45. The van der Waals surface area contributed by atoms with Crippen LogP contribution < -0.4 is 10.5 Å². The second-order valence-electron chi connectivity index (χ2n) is 6.30. The molecule has 1 aromatic carbocycles. The van der Waals surface area contributed by atoms with Crippen LogP contribution in [0.25, 0.3) is 10.9 Å². The van der Waals surface area contributed by atoms with E-state index in [1.165, 1.54) is 5.56 Å². The van der Waals surface area contributed by atoms with Gasteiger partial charge in [0.15, 0.2) is 0 Å². The van der Waals surface area contributed by atoms with Crippen LogP contribution in [0.2, 0.25) is 0 Å². The first kappa shape index (κ1) is 15.8. The van der Waals surface area contributed by atoms with E-state index in [0.29, 0.717) is 36.6 Å². The van der Waals surface area contributed by atoms with Crippen LogP contribution in [-0.4, -0.2) is 40.8 Å². The highest BCUT2D eigenvalue weighted by Gasteiger charge is 2.15. The van der Waals surface area contributed by atoms with Crippen LogP contribution >= 0.6 is 0 Å². The molecule has 0 amide bonds. The van der Waals surface area contributed by atoms with Crippen molar-refractivity contribution in [1.82, 2.24) is 14.5 Å². The second kappa shape index (κ2) is 6.64. The second-order valence-corrected chi connectivity index (χ2v) is 6.30. The molecule has 128 valence electrons. The molecule has 2 aromatic heterocycles. The predicted molar refractivity (Wildman–Crippen MR) is 97.1 cm³/mol. The van der Waals surface area contributed by atoms with Gasteiger partial charge in [-0.05, 0) is 18.6 Å². The molecule has 1 saturated heterocycles. The number of benzene rings is 1. The normalized spacial score (nSPS) is 14.8. The number of rotatable bonds is 3. The van der Waals surface area contributed by atoms with Crippen molar-refractivity contribution >= 4 is 16.9 Å². The number of fused-ring (bicyclic) bond motifs is 1. The highest BCUT2D eigenvalue weighted by atomic mass is 16.5. The molecule has 4 rings (SSSR count). The minimum Gasteiger partial charge on any atom is -0.378 e. The molecule has 0 N–H and O–H groups in total. The molecule has 0 atom stereocenters. The molecule has 25 heavy (non-hydrogen) atoms. The number of anilines is 1. The first-order chi connectivity index (χ1) is 12.2.